The summed E-state index contributed by atoms with van der Waals surface area (Å²) in [5, 5.41) is 10.7. The normalized spacial score (nSPS) is 27.5. The lowest BCUT2D eigenvalue weighted by molar-refractivity contribution is -0.231. The average molecular weight is 398 g/mol. The molecule has 0 bridgehead atoms. The van der Waals surface area contributed by atoms with E-state index in [0.717, 1.165) is 4.90 Å². The maximum absolute atomic E-state index is 11.5. The minimum absolute atomic E-state index is 0.219. The Labute approximate surface area is 161 Å². The fraction of sp³-hybridized carbons (Fsp3) is 0.500. The van der Waals surface area contributed by atoms with Gasteiger partial charge in [-0.2, -0.15) is 0 Å². The Balaban J connectivity index is 2.27. The second-order valence-corrected chi connectivity index (χ2v) is 7.09. The standard InChI is InChI=1S/C18H22O8S/c1-10(19)23-9-14-16(24-11(2)20)17(25-12(3)21)15(22)18(26-14)27-13-7-5-4-6-8-13/h4-8,14-18,22H,9H2,1-3H3/t14?,15?,16-,17+,18-/m0/s1. The van der Waals surface area contributed by atoms with Crippen molar-refractivity contribution in [2.45, 2.75) is 55.5 Å². The van der Waals surface area contributed by atoms with Gasteiger partial charge in [0.05, 0.1) is 0 Å². The molecule has 0 saturated carbocycles. The highest BCUT2D eigenvalue weighted by Gasteiger charge is 2.50. The van der Waals surface area contributed by atoms with Crippen LogP contribution in [0.3, 0.4) is 0 Å². The number of thioether (sulfide) groups is 1. The fourth-order valence-electron chi connectivity index (χ4n) is 2.62. The fourth-order valence-corrected chi connectivity index (χ4v) is 3.69. The Bertz CT molecular complexity index is 665. The Kier molecular flexibility index (Phi) is 7.64. The zero-order chi connectivity index (χ0) is 20.0. The first-order chi connectivity index (χ1) is 12.8. The molecule has 5 atom stereocenters. The van der Waals surface area contributed by atoms with Gasteiger partial charge in [0.2, 0.25) is 0 Å². The lowest BCUT2D eigenvalue weighted by Gasteiger charge is -2.42. The van der Waals surface area contributed by atoms with Gasteiger partial charge in [0.25, 0.3) is 0 Å². The molecular formula is C18H22O8S. The highest BCUT2D eigenvalue weighted by Crippen LogP contribution is 2.35. The number of hydrogen-bond donors (Lipinski definition) is 1. The van der Waals surface area contributed by atoms with Gasteiger partial charge in [0, 0.05) is 25.7 Å². The molecule has 1 aliphatic rings. The van der Waals surface area contributed by atoms with Crippen LogP contribution < -0.4 is 0 Å². The average Bonchev–Trinajstić information content (AvgIpc) is 2.59. The van der Waals surface area contributed by atoms with Gasteiger partial charge in [-0.1, -0.05) is 30.0 Å². The molecule has 1 fully saturated rings. The Morgan fingerprint density at radius 1 is 1.00 bits per heavy atom. The molecule has 1 heterocycles. The van der Waals surface area contributed by atoms with Gasteiger partial charge in [-0.3, -0.25) is 14.4 Å². The van der Waals surface area contributed by atoms with Crippen molar-refractivity contribution in [2.75, 3.05) is 6.61 Å². The summed E-state index contributed by atoms with van der Waals surface area (Å²) in [5.41, 5.74) is -0.830. The summed E-state index contributed by atoms with van der Waals surface area (Å²) in [5.74, 6) is -1.83. The van der Waals surface area contributed by atoms with Crippen LogP contribution in [0.15, 0.2) is 35.2 Å². The molecule has 0 spiro atoms. The van der Waals surface area contributed by atoms with E-state index in [4.69, 9.17) is 18.9 Å². The number of aliphatic hydroxyl groups excluding tert-OH is 1. The van der Waals surface area contributed by atoms with E-state index in [0.29, 0.717) is 0 Å². The molecule has 0 aliphatic carbocycles. The number of benzene rings is 1. The van der Waals surface area contributed by atoms with Crippen molar-refractivity contribution in [1.29, 1.82) is 0 Å². The second kappa shape index (κ2) is 9.72. The van der Waals surface area contributed by atoms with Gasteiger partial charge >= 0.3 is 17.9 Å². The molecule has 1 saturated heterocycles. The molecule has 1 N–H and O–H groups in total. The van der Waals surface area contributed by atoms with Gasteiger partial charge < -0.3 is 24.1 Å². The van der Waals surface area contributed by atoms with E-state index in [1.165, 1.54) is 32.5 Å². The van der Waals surface area contributed by atoms with Crippen LogP contribution in [0.5, 0.6) is 0 Å². The SMILES string of the molecule is CC(=O)OCC1O[C@@H](Sc2ccccc2)C(O)[C@@H](OC(C)=O)[C@H]1OC(C)=O. The lowest BCUT2D eigenvalue weighted by Crippen LogP contribution is -2.60. The third-order valence-corrected chi connectivity index (χ3v) is 4.83. The molecule has 148 valence electrons. The summed E-state index contributed by atoms with van der Waals surface area (Å²) in [7, 11) is 0. The quantitative estimate of drug-likeness (QED) is 0.560. The number of ether oxygens (including phenoxy) is 4. The zero-order valence-corrected chi connectivity index (χ0v) is 16.0. The summed E-state index contributed by atoms with van der Waals surface area (Å²) in [6.45, 7) is 3.39. The van der Waals surface area contributed by atoms with Crippen molar-refractivity contribution >= 4 is 29.7 Å². The second-order valence-electron chi connectivity index (χ2n) is 5.92. The molecule has 0 radical (unpaired) electrons. The molecule has 2 unspecified atom stereocenters. The van der Waals surface area contributed by atoms with E-state index < -0.39 is 47.8 Å². The third kappa shape index (κ3) is 6.23. The first kappa shape index (κ1) is 21.2. The van der Waals surface area contributed by atoms with Crippen LogP contribution in [0.1, 0.15) is 20.8 Å². The van der Waals surface area contributed by atoms with Crippen LogP contribution in [0.25, 0.3) is 0 Å². The summed E-state index contributed by atoms with van der Waals surface area (Å²) >= 11 is 1.22. The highest BCUT2D eigenvalue weighted by atomic mass is 32.2. The lowest BCUT2D eigenvalue weighted by atomic mass is 9.99. The third-order valence-electron chi connectivity index (χ3n) is 3.66. The van der Waals surface area contributed by atoms with Crippen molar-refractivity contribution in [3.8, 4) is 0 Å². The molecule has 9 heteroatoms. The summed E-state index contributed by atoms with van der Waals surface area (Å²) in [6, 6.07) is 9.18. The summed E-state index contributed by atoms with van der Waals surface area (Å²) < 4.78 is 21.3. The summed E-state index contributed by atoms with van der Waals surface area (Å²) in [6.07, 6.45) is -4.46. The Hall–Kier alpha value is -2.10. The van der Waals surface area contributed by atoms with Crippen molar-refractivity contribution < 1.29 is 38.4 Å². The van der Waals surface area contributed by atoms with Crippen LogP contribution in [-0.2, 0) is 33.3 Å². The minimum atomic E-state index is -1.27. The van der Waals surface area contributed by atoms with E-state index in [2.05, 4.69) is 0 Å². The number of rotatable bonds is 6. The molecule has 1 aromatic rings. The number of carbonyl (C=O) groups is 3. The Morgan fingerprint density at radius 3 is 2.15 bits per heavy atom. The predicted molar refractivity (Wildman–Crippen MR) is 94.7 cm³/mol. The van der Waals surface area contributed by atoms with Crippen molar-refractivity contribution in [3.05, 3.63) is 30.3 Å². The monoisotopic (exact) mass is 398 g/mol. The highest BCUT2D eigenvalue weighted by molar-refractivity contribution is 7.99. The molecule has 0 aromatic heterocycles. The van der Waals surface area contributed by atoms with Crippen molar-refractivity contribution in [3.63, 3.8) is 0 Å². The van der Waals surface area contributed by atoms with Gasteiger partial charge in [-0.15, -0.1) is 0 Å². The number of aliphatic hydroxyl groups is 1. The van der Waals surface area contributed by atoms with Gasteiger partial charge in [0.15, 0.2) is 12.2 Å². The van der Waals surface area contributed by atoms with E-state index in [-0.39, 0.29) is 6.61 Å². The molecular weight excluding hydrogens is 376 g/mol. The smallest absolute Gasteiger partial charge is 0.303 e. The minimum Gasteiger partial charge on any atom is -0.463 e. The maximum atomic E-state index is 11.5. The van der Waals surface area contributed by atoms with Crippen LogP contribution in [0.2, 0.25) is 0 Å². The Morgan fingerprint density at radius 2 is 1.59 bits per heavy atom. The molecule has 0 amide bonds. The van der Waals surface area contributed by atoms with E-state index in [9.17, 15) is 19.5 Å². The zero-order valence-electron chi connectivity index (χ0n) is 15.2. The first-order valence-electron chi connectivity index (χ1n) is 8.31. The van der Waals surface area contributed by atoms with Crippen molar-refractivity contribution in [1.82, 2.24) is 0 Å². The van der Waals surface area contributed by atoms with Crippen LogP contribution in [0, 0.1) is 0 Å². The molecule has 1 aliphatic heterocycles. The summed E-state index contributed by atoms with van der Waals surface area (Å²) in [4.78, 5) is 35.0. The maximum Gasteiger partial charge on any atom is 0.303 e. The largest absolute Gasteiger partial charge is 0.463 e. The van der Waals surface area contributed by atoms with Gasteiger partial charge in [-0.25, -0.2) is 0 Å². The molecule has 8 nitrogen and oxygen atoms in total. The van der Waals surface area contributed by atoms with Crippen LogP contribution in [-0.4, -0.2) is 59.5 Å². The van der Waals surface area contributed by atoms with Gasteiger partial charge in [0.1, 0.15) is 24.3 Å². The van der Waals surface area contributed by atoms with Gasteiger partial charge in [-0.05, 0) is 12.1 Å². The van der Waals surface area contributed by atoms with Crippen LogP contribution >= 0.6 is 11.8 Å². The van der Waals surface area contributed by atoms with E-state index in [1.54, 1.807) is 0 Å². The molecule has 2 rings (SSSR count). The van der Waals surface area contributed by atoms with E-state index >= 15 is 0 Å². The van der Waals surface area contributed by atoms with Crippen LogP contribution in [0.4, 0.5) is 0 Å². The number of esters is 3. The topological polar surface area (TPSA) is 108 Å². The first-order valence-corrected chi connectivity index (χ1v) is 9.19. The number of carbonyl (C=O) groups excluding carboxylic acids is 3. The molecule has 1 aromatic carbocycles. The van der Waals surface area contributed by atoms with E-state index in [1.807, 2.05) is 30.3 Å². The number of hydrogen-bond acceptors (Lipinski definition) is 9. The predicted octanol–water partition coefficient (Wildman–Crippen LogP) is 1.29. The molecule has 27 heavy (non-hydrogen) atoms. The van der Waals surface area contributed by atoms with Crippen molar-refractivity contribution in [2.24, 2.45) is 0 Å².